The van der Waals surface area contributed by atoms with E-state index in [4.69, 9.17) is 9.47 Å². The second-order valence-electron chi connectivity index (χ2n) is 7.35. The molecule has 0 radical (unpaired) electrons. The highest BCUT2D eigenvalue weighted by molar-refractivity contribution is 5.92. The van der Waals surface area contributed by atoms with Gasteiger partial charge >= 0.3 is 0 Å². The second-order valence-corrected chi connectivity index (χ2v) is 7.35. The van der Waals surface area contributed by atoms with E-state index in [1.54, 1.807) is 12.4 Å². The third kappa shape index (κ3) is 3.83. The standard InChI is InChI=1S/C18H26N4O3/c23-17(16-12-19-5-6-20-16)21-14-1-10-25-18(11-14)4-7-22(13-18)15-2-8-24-9-3-15/h5-6,12,14-15H,1-4,7-11,13H2,(H,21,23)/t14-,18-/m1/s1. The monoisotopic (exact) mass is 346 g/mol. The van der Waals surface area contributed by atoms with Crippen LogP contribution in [0.2, 0.25) is 0 Å². The summed E-state index contributed by atoms with van der Waals surface area (Å²) in [5.74, 6) is -0.144. The van der Waals surface area contributed by atoms with Gasteiger partial charge in [0, 0.05) is 57.4 Å². The zero-order valence-electron chi connectivity index (χ0n) is 14.5. The Morgan fingerprint density at radius 1 is 1.24 bits per heavy atom. The fraction of sp³-hybridized carbons (Fsp3) is 0.722. The maximum absolute atomic E-state index is 12.3. The molecule has 4 rings (SSSR count). The predicted octanol–water partition coefficient (Wildman–Crippen LogP) is 1.01. The maximum atomic E-state index is 12.3. The van der Waals surface area contributed by atoms with Crippen LogP contribution in [0.25, 0.3) is 0 Å². The lowest BCUT2D eigenvalue weighted by Crippen LogP contribution is -2.51. The highest BCUT2D eigenvalue weighted by Gasteiger charge is 2.45. The SMILES string of the molecule is O=C(N[C@@H]1CCO[C@]2(CCN(C3CCOCC3)C2)C1)c1cnccn1. The van der Waals surface area contributed by atoms with E-state index >= 15 is 0 Å². The Morgan fingerprint density at radius 2 is 2.12 bits per heavy atom. The Hall–Kier alpha value is -1.57. The molecule has 1 spiro atoms. The Morgan fingerprint density at radius 3 is 2.92 bits per heavy atom. The molecule has 4 heterocycles. The molecular formula is C18H26N4O3. The van der Waals surface area contributed by atoms with Crippen molar-refractivity contribution in [1.29, 1.82) is 0 Å². The van der Waals surface area contributed by atoms with Crippen LogP contribution in [-0.4, -0.2) is 71.4 Å². The van der Waals surface area contributed by atoms with E-state index in [0.29, 0.717) is 18.3 Å². The third-order valence-electron chi connectivity index (χ3n) is 5.68. The van der Waals surface area contributed by atoms with Crippen LogP contribution in [0.5, 0.6) is 0 Å². The van der Waals surface area contributed by atoms with Crippen molar-refractivity contribution in [2.45, 2.75) is 49.8 Å². The summed E-state index contributed by atoms with van der Waals surface area (Å²) in [5, 5.41) is 3.12. The van der Waals surface area contributed by atoms with Gasteiger partial charge in [0.2, 0.25) is 0 Å². The number of likely N-dealkylation sites (tertiary alicyclic amines) is 1. The Balaban J connectivity index is 1.35. The van der Waals surface area contributed by atoms with Crippen molar-refractivity contribution in [3.8, 4) is 0 Å². The molecule has 1 amide bonds. The molecule has 3 fully saturated rings. The molecule has 7 nitrogen and oxygen atoms in total. The molecule has 3 aliphatic rings. The number of nitrogens with zero attached hydrogens (tertiary/aromatic N) is 3. The topological polar surface area (TPSA) is 76.6 Å². The van der Waals surface area contributed by atoms with Gasteiger partial charge in [-0.25, -0.2) is 4.98 Å². The molecule has 1 aromatic rings. The van der Waals surface area contributed by atoms with E-state index in [-0.39, 0.29) is 17.6 Å². The van der Waals surface area contributed by atoms with Crippen LogP contribution in [0.4, 0.5) is 0 Å². The van der Waals surface area contributed by atoms with Gasteiger partial charge < -0.3 is 14.8 Å². The molecule has 7 heteroatoms. The van der Waals surface area contributed by atoms with E-state index < -0.39 is 0 Å². The van der Waals surface area contributed by atoms with Crippen LogP contribution >= 0.6 is 0 Å². The molecule has 136 valence electrons. The quantitative estimate of drug-likeness (QED) is 0.880. The van der Waals surface area contributed by atoms with E-state index in [0.717, 1.165) is 58.4 Å². The van der Waals surface area contributed by atoms with Crippen LogP contribution in [0, 0.1) is 0 Å². The second kappa shape index (κ2) is 7.35. The number of carbonyl (C=O) groups is 1. The molecule has 2 atom stereocenters. The van der Waals surface area contributed by atoms with Crippen molar-refractivity contribution >= 4 is 5.91 Å². The van der Waals surface area contributed by atoms with Crippen molar-refractivity contribution < 1.29 is 14.3 Å². The van der Waals surface area contributed by atoms with E-state index in [1.165, 1.54) is 6.20 Å². The van der Waals surface area contributed by atoms with Gasteiger partial charge in [0.05, 0.1) is 11.8 Å². The fourth-order valence-corrected chi connectivity index (χ4v) is 4.35. The van der Waals surface area contributed by atoms with Crippen LogP contribution in [0.3, 0.4) is 0 Å². The summed E-state index contributed by atoms with van der Waals surface area (Å²) < 4.78 is 11.7. The van der Waals surface area contributed by atoms with Crippen molar-refractivity contribution in [2.75, 3.05) is 32.9 Å². The Bertz CT molecular complexity index is 593. The van der Waals surface area contributed by atoms with Gasteiger partial charge in [-0.2, -0.15) is 0 Å². The number of carbonyl (C=O) groups excluding carboxylic acids is 1. The fourth-order valence-electron chi connectivity index (χ4n) is 4.35. The molecule has 3 saturated heterocycles. The zero-order valence-corrected chi connectivity index (χ0v) is 14.5. The number of amides is 1. The molecule has 25 heavy (non-hydrogen) atoms. The smallest absolute Gasteiger partial charge is 0.271 e. The van der Waals surface area contributed by atoms with Gasteiger partial charge in [0.25, 0.3) is 5.91 Å². The maximum Gasteiger partial charge on any atom is 0.271 e. The first-order valence-electron chi connectivity index (χ1n) is 9.27. The van der Waals surface area contributed by atoms with Crippen LogP contribution < -0.4 is 5.32 Å². The summed E-state index contributed by atoms with van der Waals surface area (Å²) in [6.07, 6.45) is 9.62. The first-order valence-corrected chi connectivity index (χ1v) is 9.27. The van der Waals surface area contributed by atoms with Crippen molar-refractivity contribution in [2.24, 2.45) is 0 Å². The average Bonchev–Trinajstić information content (AvgIpc) is 3.06. The van der Waals surface area contributed by atoms with Crippen molar-refractivity contribution in [1.82, 2.24) is 20.2 Å². The first kappa shape index (κ1) is 16.9. The van der Waals surface area contributed by atoms with Crippen LogP contribution in [0.1, 0.15) is 42.6 Å². The Kier molecular flexibility index (Phi) is 4.96. The predicted molar refractivity (Wildman–Crippen MR) is 91.2 cm³/mol. The molecule has 3 aliphatic heterocycles. The number of ether oxygens (including phenoxy) is 2. The van der Waals surface area contributed by atoms with Crippen LogP contribution in [-0.2, 0) is 9.47 Å². The third-order valence-corrected chi connectivity index (χ3v) is 5.68. The van der Waals surface area contributed by atoms with Gasteiger partial charge in [-0.3, -0.25) is 14.7 Å². The lowest BCUT2D eigenvalue weighted by molar-refractivity contribution is -0.0828. The summed E-state index contributed by atoms with van der Waals surface area (Å²) >= 11 is 0. The van der Waals surface area contributed by atoms with Gasteiger partial charge in [-0.1, -0.05) is 0 Å². The minimum atomic E-state index is -0.144. The number of aromatic nitrogens is 2. The normalized spacial score (nSPS) is 31.3. The minimum Gasteiger partial charge on any atom is -0.381 e. The van der Waals surface area contributed by atoms with Gasteiger partial charge in [0.1, 0.15) is 5.69 Å². The molecule has 0 aromatic carbocycles. The van der Waals surface area contributed by atoms with Gasteiger partial charge in [0.15, 0.2) is 0 Å². The van der Waals surface area contributed by atoms with Crippen molar-refractivity contribution in [3.63, 3.8) is 0 Å². The molecule has 0 aliphatic carbocycles. The largest absolute Gasteiger partial charge is 0.381 e. The molecular weight excluding hydrogens is 320 g/mol. The van der Waals surface area contributed by atoms with E-state index in [2.05, 4.69) is 20.2 Å². The number of hydrogen-bond acceptors (Lipinski definition) is 6. The molecule has 0 saturated carbocycles. The summed E-state index contributed by atoms with van der Waals surface area (Å²) in [7, 11) is 0. The number of nitrogens with one attached hydrogen (secondary N) is 1. The van der Waals surface area contributed by atoms with E-state index in [1.807, 2.05) is 0 Å². The lowest BCUT2D eigenvalue weighted by atomic mass is 9.89. The zero-order chi connectivity index (χ0) is 17.1. The van der Waals surface area contributed by atoms with Crippen LogP contribution in [0.15, 0.2) is 18.6 Å². The number of hydrogen-bond donors (Lipinski definition) is 1. The summed E-state index contributed by atoms with van der Waals surface area (Å²) in [5.41, 5.74) is 0.259. The number of rotatable bonds is 3. The van der Waals surface area contributed by atoms with E-state index in [9.17, 15) is 4.79 Å². The highest BCUT2D eigenvalue weighted by Crippen LogP contribution is 2.36. The molecule has 0 bridgehead atoms. The summed E-state index contributed by atoms with van der Waals surface area (Å²) in [6.45, 7) is 4.48. The molecule has 1 aromatic heterocycles. The minimum absolute atomic E-state index is 0.114. The lowest BCUT2D eigenvalue weighted by Gasteiger charge is -2.39. The van der Waals surface area contributed by atoms with Crippen molar-refractivity contribution in [3.05, 3.63) is 24.3 Å². The summed E-state index contributed by atoms with van der Waals surface area (Å²) in [4.78, 5) is 23.0. The molecule has 1 N–H and O–H groups in total. The van der Waals surface area contributed by atoms with Gasteiger partial charge in [-0.15, -0.1) is 0 Å². The average molecular weight is 346 g/mol. The Labute approximate surface area is 148 Å². The molecule has 0 unspecified atom stereocenters. The summed E-state index contributed by atoms with van der Waals surface area (Å²) in [6, 6.07) is 0.754. The first-order chi connectivity index (χ1) is 12.2. The van der Waals surface area contributed by atoms with Gasteiger partial charge in [-0.05, 0) is 32.1 Å². The highest BCUT2D eigenvalue weighted by atomic mass is 16.5.